The Morgan fingerprint density at radius 3 is 2.53 bits per heavy atom. The van der Waals surface area contributed by atoms with Crippen molar-refractivity contribution in [1.82, 2.24) is 0 Å². The second kappa shape index (κ2) is 4.77. The van der Waals surface area contributed by atoms with Crippen LogP contribution in [-0.4, -0.2) is 20.7 Å². The zero-order chi connectivity index (χ0) is 11.5. The van der Waals surface area contributed by atoms with Crippen LogP contribution in [0.4, 0.5) is 0 Å². The number of hydrogen-bond acceptors (Lipinski definition) is 3. The molecule has 0 heterocycles. The molecule has 0 bridgehead atoms. The second-order valence-corrected chi connectivity index (χ2v) is 5.99. The van der Waals surface area contributed by atoms with E-state index in [1.54, 1.807) is 0 Å². The lowest BCUT2D eigenvalue weighted by atomic mass is 10.1. The van der Waals surface area contributed by atoms with Gasteiger partial charge in [0.2, 0.25) is 0 Å². The van der Waals surface area contributed by atoms with Crippen LogP contribution in [0.5, 0.6) is 0 Å². The fraction of sp³-hybridized carbons (Fsp3) is 0.455. The van der Waals surface area contributed by atoms with Gasteiger partial charge >= 0.3 is 0 Å². The number of rotatable bonds is 4. The van der Waals surface area contributed by atoms with Crippen LogP contribution in [-0.2, 0) is 15.6 Å². The van der Waals surface area contributed by atoms with E-state index in [1.165, 1.54) is 0 Å². The highest BCUT2D eigenvalue weighted by Crippen LogP contribution is 2.14. The average molecular weight is 227 g/mol. The van der Waals surface area contributed by atoms with Gasteiger partial charge in [-0.25, -0.2) is 8.42 Å². The number of nitrogens with two attached hydrogens (primary N) is 1. The summed E-state index contributed by atoms with van der Waals surface area (Å²) < 4.78 is 23.2. The Morgan fingerprint density at radius 2 is 1.93 bits per heavy atom. The Balaban J connectivity index is 2.94. The maximum absolute atomic E-state index is 11.6. The minimum Gasteiger partial charge on any atom is -0.329 e. The van der Waals surface area contributed by atoms with Gasteiger partial charge in [0.05, 0.1) is 11.5 Å². The molecule has 1 aromatic carbocycles. The summed E-state index contributed by atoms with van der Waals surface area (Å²) in [6.07, 6.45) is 0. The van der Waals surface area contributed by atoms with Gasteiger partial charge in [-0.05, 0) is 25.0 Å². The molecule has 1 rings (SSSR count). The molecule has 0 unspecified atom stereocenters. The fourth-order valence-electron chi connectivity index (χ4n) is 1.44. The topological polar surface area (TPSA) is 60.2 Å². The van der Waals surface area contributed by atoms with Gasteiger partial charge in [-0.15, -0.1) is 0 Å². The van der Waals surface area contributed by atoms with Crippen molar-refractivity contribution in [3.63, 3.8) is 0 Å². The van der Waals surface area contributed by atoms with Crippen molar-refractivity contribution in [3.05, 3.63) is 34.9 Å². The molecule has 1 aromatic rings. The molecule has 0 aliphatic heterocycles. The molecule has 0 radical (unpaired) electrons. The average Bonchev–Trinajstić information content (AvgIpc) is 2.10. The van der Waals surface area contributed by atoms with Crippen LogP contribution >= 0.6 is 0 Å². The Labute approximate surface area is 91.2 Å². The summed E-state index contributed by atoms with van der Waals surface area (Å²) in [6.45, 7) is 4.07. The molecule has 0 amide bonds. The lowest BCUT2D eigenvalue weighted by molar-refractivity contribution is 0.595. The van der Waals surface area contributed by atoms with Crippen LogP contribution in [0.15, 0.2) is 18.2 Å². The van der Waals surface area contributed by atoms with Gasteiger partial charge in [0.25, 0.3) is 0 Å². The van der Waals surface area contributed by atoms with E-state index in [1.807, 2.05) is 32.0 Å². The standard InChI is InChI=1S/C11H17NO2S/c1-9-3-4-10(2)11(7-9)8-15(13,14)6-5-12/h3-4,7H,5-6,8,12H2,1-2H3. The smallest absolute Gasteiger partial charge is 0.155 e. The van der Waals surface area contributed by atoms with Crippen LogP contribution in [0.25, 0.3) is 0 Å². The lowest BCUT2D eigenvalue weighted by Gasteiger charge is -2.07. The number of sulfone groups is 1. The van der Waals surface area contributed by atoms with Gasteiger partial charge in [-0.2, -0.15) is 0 Å². The molecule has 15 heavy (non-hydrogen) atoms. The second-order valence-electron chi connectivity index (χ2n) is 3.81. The molecule has 3 nitrogen and oxygen atoms in total. The Morgan fingerprint density at radius 1 is 1.27 bits per heavy atom. The van der Waals surface area contributed by atoms with E-state index < -0.39 is 9.84 Å². The summed E-state index contributed by atoms with van der Waals surface area (Å²) in [5.74, 6) is 0.151. The first kappa shape index (κ1) is 12.2. The lowest BCUT2D eigenvalue weighted by Crippen LogP contribution is -2.17. The number of benzene rings is 1. The van der Waals surface area contributed by atoms with Gasteiger partial charge in [-0.1, -0.05) is 23.8 Å². The van der Waals surface area contributed by atoms with E-state index in [2.05, 4.69) is 0 Å². The third-order valence-corrected chi connectivity index (χ3v) is 3.92. The van der Waals surface area contributed by atoms with Gasteiger partial charge < -0.3 is 5.73 Å². The van der Waals surface area contributed by atoms with Gasteiger partial charge in [0.1, 0.15) is 0 Å². The number of aryl methyl sites for hydroxylation is 2. The third kappa shape index (κ3) is 3.64. The van der Waals surface area contributed by atoms with E-state index in [4.69, 9.17) is 5.73 Å². The van der Waals surface area contributed by atoms with E-state index in [0.717, 1.165) is 16.7 Å². The van der Waals surface area contributed by atoms with Crippen molar-refractivity contribution in [2.75, 3.05) is 12.3 Å². The summed E-state index contributed by atoms with van der Waals surface area (Å²) in [5.41, 5.74) is 8.23. The molecule has 0 aliphatic rings. The highest BCUT2D eigenvalue weighted by Gasteiger charge is 2.12. The van der Waals surface area contributed by atoms with Crippen molar-refractivity contribution < 1.29 is 8.42 Å². The first-order valence-electron chi connectivity index (χ1n) is 4.91. The third-order valence-electron chi connectivity index (χ3n) is 2.31. The first-order chi connectivity index (χ1) is 6.94. The monoisotopic (exact) mass is 227 g/mol. The highest BCUT2D eigenvalue weighted by molar-refractivity contribution is 7.90. The molecular formula is C11H17NO2S. The molecule has 0 fully saturated rings. The largest absolute Gasteiger partial charge is 0.329 e. The van der Waals surface area contributed by atoms with Crippen LogP contribution in [0.2, 0.25) is 0 Å². The van der Waals surface area contributed by atoms with Crippen molar-refractivity contribution in [2.24, 2.45) is 5.73 Å². The zero-order valence-electron chi connectivity index (χ0n) is 9.16. The van der Waals surface area contributed by atoms with Gasteiger partial charge in [0.15, 0.2) is 9.84 Å². The van der Waals surface area contributed by atoms with Crippen LogP contribution < -0.4 is 5.73 Å². The summed E-state index contributed by atoms with van der Waals surface area (Å²) in [4.78, 5) is 0. The number of hydrogen-bond donors (Lipinski definition) is 1. The molecule has 4 heteroatoms. The zero-order valence-corrected chi connectivity index (χ0v) is 9.97. The summed E-state index contributed by atoms with van der Waals surface area (Å²) >= 11 is 0. The molecule has 84 valence electrons. The Hall–Kier alpha value is -0.870. The van der Waals surface area contributed by atoms with Gasteiger partial charge in [-0.3, -0.25) is 0 Å². The minimum absolute atomic E-state index is 0.0559. The summed E-state index contributed by atoms with van der Waals surface area (Å²) in [6, 6.07) is 5.85. The highest BCUT2D eigenvalue weighted by atomic mass is 32.2. The molecule has 0 aliphatic carbocycles. The van der Waals surface area contributed by atoms with Crippen LogP contribution in [0, 0.1) is 13.8 Å². The molecular weight excluding hydrogens is 210 g/mol. The predicted molar refractivity (Wildman–Crippen MR) is 62.5 cm³/mol. The molecule has 0 aromatic heterocycles. The van der Waals surface area contributed by atoms with Gasteiger partial charge in [0, 0.05) is 6.54 Å². The van der Waals surface area contributed by atoms with Crippen molar-refractivity contribution >= 4 is 9.84 Å². The van der Waals surface area contributed by atoms with Crippen molar-refractivity contribution in [2.45, 2.75) is 19.6 Å². The molecule has 0 atom stereocenters. The van der Waals surface area contributed by atoms with E-state index in [9.17, 15) is 8.42 Å². The van der Waals surface area contributed by atoms with Crippen molar-refractivity contribution in [3.8, 4) is 0 Å². The van der Waals surface area contributed by atoms with Crippen LogP contribution in [0.1, 0.15) is 16.7 Å². The SMILES string of the molecule is Cc1ccc(C)c(CS(=O)(=O)CCN)c1. The van der Waals surface area contributed by atoms with Crippen LogP contribution in [0.3, 0.4) is 0 Å². The van der Waals surface area contributed by atoms with Crippen molar-refractivity contribution in [1.29, 1.82) is 0 Å². The summed E-state index contributed by atoms with van der Waals surface area (Å²) in [5, 5.41) is 0. The molecule has 0 saturated heterocycles. The fourth-order valence-corrected chi connectivity index (χ4v) is 2.73. The maximum atomic E-state index is 11.6. The first-order valence-corrected chi connectivity index (χ1v) is 6.73. The molecule has 2 N–H and O–H groups in total. The van der Waals surface area contributed by atoms with E-state index in [-0.39, 0.29) is 18.1 Å². The quantitative estimate of drug-likeness (QED) is 0.840. The van der Waals surface area contributed by atoms with E-state index in [0.29, 0.717) is 0 Å². The molecule has 0 spiro atoms. The Bertz CT molecular complexity index is 438. The normalized spacial score (nSPS) is 11.7. The Kier molecular flexibility index (Phi) is 3.88. The summed E-state index contributed by atoms with van der Waals surface area (Å²) in [7, 11) is -3.05. The van der Waals surface area contributed by atoms with E-state index >= 15 is 0 Å². The maximum Gasteiger partial charge on any atom is 0.155 e. The molecule has 0 saturated carbocycles. The minimum atomic E-state index is -3.05. The predicted octanol–water partition coefficient (Wildman–Crippen LogP) is 1.18.